The third-order valence-electron chi connectivity index (χ3n) is 1.75. The van der Waals surface area contributed by atoms with Gasteiger partial charge in [0, 0.05) is 11.6 Å². The van der Waals surface area contributed by atoms with E-state index in [2.05, 4.69) is 9.72 Å². The minimum atomic E-state index is -4.89. The van der Waals surface area contributed by atoms with Gasteiger partial charge in [-0.1, -0.05) is 0 Å². The van der Waals surface area contributed by atoms with E-state index in [1.54, 1.807) is 28.7 Å². The zero-order chi connectivity index (χ0) is 13.1. The molecule has 1 heterocycles. The average molecular weight is 360 g/mol. The molecule has 0 radical (unpaired) electrons. The van der Waals surface area contributed by atoms with Crippen molar-refractivity contribution in [3.63, 3.8) is 0 Å². The molecule has 3 nitrogen and oxygen atoms in total. The summed E-state index contributed by atoms with van der Waals surface area (Å²) in [6, 6.07) is 2.66. The Balaban J connectivity index is 3.26. The highest BCUT2D eigenvalue weighted by Crippen LogP contribution is 2.30. The molecule has 1 aromatic rings. The van der Waals surface area contributed by atoms with Crippen molar-refractivity contribution in [2.45, 2.75) is 19.5 Å². The molecular formula is C9H5F4IN2O. The number of ether oxygens (including phenoxy) is 1. The molecule has 0 aliphatic heterocycles. The molecule has 0 N–H and O–H groups in total. The highest BCUT2D eigenvalue weighted by atomic mass is 127. The standard InChI is InChI=1S/C9H5F4IN2O/c10-4-6-5(1-2-15)7(3-8(14)16-6)17-9(11,12)13/h3H,1,4H2. The van der Waals surface area contributed by atoms with Crippen molar-refractivity contribution in [1.29, 1.82) is 5.26 Å². The third kappa shape index (κ3) is 3.99. The molecule has 0 aromatic carbocycles. The Morgan fingerprint density at radius 2 is 2.12 bits per heavy atom. The summed E-state index contributed by atoms with van der Waals surface area (Å²) in [5, 5.41) is 8.49. The maximum atomic E-state index is 12.6. The SMILES string of the molecule is N#CCc1c(OC(F)(F)F)cc(I)nc1CF. The molecular weight excluding hydrogens is 355 g/mol. The van der Waals surface area contributed by atoms with Crippen LogP contribution in [0.3, 0.4) is 0 Å². The molecule has 0 atom stereocenters. The van der Waals surface area contributed by atoms with Crippen LogP contribution in [-0.2, 0) is 13.1 Å². The molecule has 0 saturated carbocycles. The number of nitriles is 1. The molecule has 0 amide bonds. The number of hydrogen-bond donors (Lipinski definition) is 0. The summed E-state index contributed by atoms with van der Waals surface area (Å²) in [5.74, 6) is -0.578. The van der Waals surface area contributed by atoms with Crippen LogP contribution in [0.15, 0.2) is 6.07 Å². The Bertz CT molecular complexity index is 456. The monoisotopic (exact) mass is 360 g/mol. The number of pyridine rings is 1. The van der Waals surface area contributed by atoms with Gasteiger partial charge in [0.2, 0.25) is 0 Å². The van der Waals surface area contributed by atoms with E-state index in [-0.39, 0.29) is 15.0 Å². The van der Waals surface area contributed by atoms with Gasteiger partial charge in [0.05, 0.1) is 18.2 Å². The molecule has 0 bridgehead atoms. The first-order valence-corrected chi connectivity index (χ1v) is 5.32. The van der Waals surface area contributed by atoms with Gasteiger partial charge in [-0.3, -0.25) is 0 Å². The summed E-state index contributed by atoms with van der Waals surface area (Å²) in [7, 11) is 0. The molecule has 0 aliphatic carbocycles. The van der Waals surface area contributed by atoms with Crippen LogP contribution < -0.4 is 4.74 Å². The number of rotatable bonds is 3. The zero-order valence-electron chi connectivity index (χ0n) is 8.18. The number of nitrogens with zero attached hydrogens (tertiary/aromatic N) is 2. The lowest BCUT2D eigenvalue weighted by molar-refractivity contribution is -0.274. The summed E-state index contributed by atoms with van der Waals surface area (Å²) >= 11 is 1.64. The molecule has 0 spiro atoms. The zero-order valence-corrected chi connectivity index (χ0v) is 10.3. The second-order valence-corrected chi connectivity index (χ2v) is 3.99. The van der Waals surface area contributed by atoms with E-state index < -0.39 is 25.2 Å². The van der Waals surface area contributed by atoms with Crippen molar-refractivity contribution in [2.24, 2.45) is 0 Å². The number of aromatic nitrogens is 1. The maximum absolute atomic E-state index is 12.6. The fourth-order valence-electron chi connectivity index (χ4n) is 1.16. The van der Waals surface area contributed by atoms with Gasteiger partial charge in [-0.15, -0.1) is 13.2 Å². The fourth-order valence-corrected chi connectivity index (χ4v) is 1.73. The lowest BCUT2D eigenvalue weighted by Crippen LogP contribution is -2.19. The van der Waals surface area contributed by atoms with Crippen molar-refractivity contribution >= 4 is 22.6 Å². The summed E-state index contributed by atoms with van der Waals surface area (Å²) in [5.41, 5.74) is -0.384. The van der Waals surface area contributed by atoms with Crippen molar-refractivity contribution in [3.05, 3.63) is 21.0 Å². The molecule has 0 aliphatic rings. The fraction of sp³-hybridized carbons (Fsp3) is 0.333. The van der Waals surface area contributed by atoms with Crippen molar-refractivity contribution in [2.75, 3.05) is 0 Å². The quantitative estimate of drug-likeness (QED) is 0.473. The Morgan fingerprint density at radius 1 is 1.47 bits per heavy atom. The topological polar surface area (TPSA) is 45.9 Å². The molecule has 1 aromatic heterocycles. The van der Waals surface area contributed by atoms with Crippen LogP contribution in [0.2, 0.25) is 0 Å². The normalized spacial score (nSPS) is 11.1. The summed E-state index contributed by atoms with van der Waals surface area (Å²) < 4.78 is 52.8. The first-order chi connectivity index (χ1) is 7.87. The van der Waals surface area contributed by atoms with Crippen LogP contribution in [0.25, 0.3) is 0 Å². The van der Waals surface area contributed by atoms with Gasteiger partial charge in [0.15, 0.2) is 0 Å². The first-order valence-electron chi connectivity index (χ1n) is 4.24. The van der Waals surface area contributed by atoms with Crippen LogP contribution in [0.1, 0.15) is 11.3 Å². The second kappa shape index (κ2) is 5.48. The van der Waals surface area contributed by atoms with E-state index in [1.807, 2.05) is 0 Å². The number of halogens is 5. The summed E-state index contributed by atoms with van der Waals surface area (Å²) in [6.45, 7) is -1.05. The second-order valence-electron chi connectivity index (χ2n) is 2.88. The van der Waals surface area contributed by atoms with Gasteiger partial charge < -0.3 is 4.74 Å². The molecule has 0 saturated heterocycles. The van der Waals surface area contributed by atoms with E-state index in [1.165, 1.54) is 0 Å². The van der Waals surface area contributed by atoms with Crippen molar-refractivity contribution in [3.8, 4) is 11.8 Å². The Labute approximate surface area is 108 Å². The van der Waals surface area contributed by atoms with E-state index in [0.717, 1.165) is 6.07 Å². The van der Waals surface area contributed by atoms with Gasteiger partial charge >= 0.3 is 6.36 Å². The Kier molecular flexibility index (Phi) is 4.50. The predicted molar refractivity (Wildman–Crippen MR) is 57.8 cm³/mol. The predicted octanol–water partition coefficient (Wildman–Crippen LogP) is 3.12. The van der Waals surface area contributed by atoms with E-state index in [9.17, 15) is 17.6 Å². The van der Waals surface area contributed by atoms with Crippen LogP contribution in [0.5, 0.6) is 5.75 Å². The molecule has 0 fully saturated rings. The minimum absolute atomic E-state index is 0.163. The highest BCUT2D eigenvalue weighted by molar-refractivity contribution is 14.1. The average Bonchev–Trinajstić information content (AvgIpc) is 2.19. The lowest BCUT2D eigenvalue weighted by Gasteiger charge is -2.14. The molecule has 0 unspecified atom stereocenters. The molecule has 8 heteroatoms. The lowest BCUT2D eigenvalue weighted by atomic mass is 10.1. The van der Waals surface area contributed by atoms with E-state index in [0.29, 0.717) is 0 Å². The van der Waals surface area contributed by atoms with E-state index in [4.69, 9.17) is 5.26 Å². The smallest absolute Gasteiger partial charge is 0.405 e. The van der Waals surface area contributed by atoms with Crippen LogP contribution in [-0.4, -0.2) is 11.3 Å². The van der Waals surface area contributed by atoms with Crippen LogP contribution in [0, 0.1) is 15.0 Å². The largest absolute Gasteiger partial charge is 0.573 e. The van der Waals surface area contributed by atoms with Gasteiger partial charge in [0.1, 0.15) is 16.1 Å². The Hall–Kier alpha value is -1.11. The van der Waals surface area contributed by atoms with Crippen LogP contribution in [0.4, 0.5) is 17.6 Å². The highest BCUT2D eigenvalue weighted by Gasteiger charge is 2.33. The van der Waals surface area contributed by atoms with Gasteiger partial charge in [-0.25, -0.2) is 9.37 Å². The minimum Gasteiger partial charge on any atom is -0.405 e. The van der Waals surface area contributed by atoms with Gasteiger partial charge in [-0.2, -0.15) is 5.26 Å². The van der Waals surface area contributed by atoms with Crippen molar-refractivity contribution in [1.82, 2.24) is 4.98 Å². The molecule has 17 heavy (non-hydrogen) atoms. The van der Waals surface area contributed by atoms with E-state index >= 15 is 0 Å². The molecule has 1 rings (SSSR count). The van der Waals surface area contributed by atoms with Crippen molar-refractivity contribution < 1.29 is 22.3 Å². The van der Waals surface area contributed by atoms with Gasteiger partial charge in [0.25, 0.3) is 0 Å². The van der Waals surface area contributed by atoms with Crippen LogP contribution >= 0.6 is 22.6 Å². The first kappa shape index (κ1) is 14.0. The van der Waals surface area contributed by atoms with Gasteiger partial charge in [-0.05, 0) is 22.6 Å². The Morgan fingerprint density at radius 3 is 2.59 bits per heavy atom. The summed E-state index contributed by atoms with van der Waals surface area (Å²) in [6.07, 6.45) is -5.28. The number of alkyl halides is 4. The summed E-state index contributed by atoms with van der Waals surface area (Å²) in [4.78, 5) is 3.71. The molecule has 92 valence electrons. The number of hydrogen-bond acceptors (Lipinski definition) is 3. The third-order valence-corrected chi connectivity index (χ3v) is 2.30. The maximum Gasteiger partial charge on any atom is 0.573 e.